The first-order valence-electron chi connectivity index (χ1n) is 6.71. The van der Waals surface area contributed by atoms with E-state index in [1.807, 2.05) is 0 Å². The molecule has 3 N–H and O–H groups in total. The molecule has 0 heterocycles. The van der Waals surface area contributed by atoms with E-state index >= 15 is 0 Å². The van der Waals surface area contributed by atoms with Crippen LogP contribution in [0.3, 0.4) is 0 Å². The Bertz CT molecular complexity index is 269. The Morgan fingerprint density at radius 1 is 1.11 bits per heavy atom. The molecule has 0 bridgehead atoms. The molecule has 5 heteroatoms. The van der Waals surface area contributed by atoms with Crippen molar-refractivity contribution < 1.29 is 14.7 Å². The van der Waals surface area contributed by atoms with Crippen molar-refractivity contribution in [1.82, 2.24) is 10.6 Å². The molecule has 0 fully saturated rings. The number of carboxylic acid groups (broad SMARTS) is 1. The van der Waals surface area contributed by atoms with Crippen molar-refractivity contribution in [2.75, 3.05) is 13.1 Å². The minimum absolute atomic E-state index is 0.152. The fourth-order valence-corrected chi connectivity index (χ4v) is 1.44. The van der Waals surface area contributed by atoms with Gasteiger partial charge in [0.05, 0.1) is 5.41 Å². The zero-order valence-electron chi connectivity index (χ0n) is 11.7. The van der Waals surface area contributed by atoms with E-state index in [4.69, 9.17) is 5.11 Å². The van der Waals surface area contributed by atoms with Gasteiger partial charge in [-0.25, -0.2) is 4.79 Å². The van der Waals surface area contributed by atoms with Crippen LogP contribution in [0.4, 0.5) is 4.79 Å². The van der Waals surface area contributed by atoms with Crippen molar-refractivity contribution >= 4 is 12.0 Å². The lowest BCUT2D eigenvalue weighted by molar-refractivity contribution is -0.147. The number of carbonyl (C=O) groups is 2. The molecule has 0 aliphatic heterocycles. The SMILES string of the molecule is CCCCCCNC(=O)NCC(C)(CC)C(=O)O. The van der Waals surface area contributed by atoms with E-state index in [2.05, 4.69) is 17.6 Å². The van der Waals surface area contributed by atoms with Crippen molar-refractivity contribution in [3.63, 3.8) is 0 Å². The molecular weight excluding hydrogens is 232 g/mol. The molecule has 0 saturated carbocycles. The number of urea groups is 1. The molecule has 0 aromatic rings. The number of hydrogen-bond acceptors (Lipinski definition) is 2. The maximum Gasteiger partial charge on any atom is 0.314 e. The predicted molar refractivity (Wildman–Crippen MR) is 71.6 cm³/mol. The molecule has 0 rings (SSSR count). The van der Waals surface area contributed by atoms with E-state index in [1.165, 1.54) is 12.8 Å². The Hall–Kier alpha value is -1.26. The molecule has 0 aliphatic carbocycles. The van der Waals surface area contributed by atoms with Gasteiger partial charge in [0.1, 0.15) is 0 Å². The smallest absolute Gasteiger partial charge is 0.314 e. The number of unbranched alkanes of at least 4 members (excludes halogenated alkanes) is 3. The van der Waals surface area contributed by atoms with Gasteiger partial charge in [-0.1, -0.05) is 33.1 Å². The Labute approximate surface area is 109 Å². The summed E-state index contributed by atoms with van der Waals surface area (Å²) in [6.07, 6.45) is 4.90. The molecule has 0 aromatic carbocycles. The van der Waals surface area contributed by atoms with Crippen LogP contribution in [0.5, 0.6) is 0 Å². The molecule has 2 amide bonds. The highest BCUT2D eigenvalue weighted by Gasteiger charge is 2.31. The molecule has 0 saturated heterocycles. The average molecular weight is 258 g/mol. The summed E-state index contributed by atoms with van der Waals surface area (Å²) >= 11 is 0. The Balaban J connectivity index is 3.79. The van der Waals surface area contributed by atoms with Crippen molar-refractivity contribution in [1.29, 1.82) is 0 Å². The van der Waals surface area contributed by atoms with Crippen LogP contribution in [0.15, 0.2) is 0 Å². The van der Waals surface area contributed by atoms with Gasteiger partial charge in [0.25, 0.3) is 0 Å². The molecule has 1 atom stereocenters. The van der Waals surface area contributed by atoms with E-state index in [0.717, 1.165) is 12.8 Å². The van der Waals surface area contributed by atoms with Crippen molar-refractivity contribution in [3.8, 4) is 0 Å². The molecule has 0 aromatic heterocycles. The first-order valence-corrected chi connectivity index (χ1v) is 6.71. The summed E-state index contributed by atoms with van der Waals surface area (Å²) in [5.74, 6) is -0.881. The number of nitrogens with one attached hydrogen (secondary N) is 2. The maximum absolute atomic E-state index is 11.4. The van der Waals surface area contributed by atoms with Gasteiger partial charge >= 0.3 is 12.0 Å². The number of hydrogen-bond donors (Lipinski definition) is 3. The lowest BCUT2D eigenvalue weighted by atomic mass is 9.88. The molecule has 18 heavy (non-hydrogen) atoms. The minimum Gasteiger partial charge on any atom is -0.481 e. The van der Waals surface area contributed by atoms with Crippen LogP contribution >= 0.6 is 0 Å². The van der Waals surface area contributed by atoms with Crippen LogP contribution in [-0.4, -0.2) is 30.2 Å². The van der Waals surface area contributed by atoms with Crippen molar-refractivity contribution in [2.24, 2.45) is 5.41 Å². The normalized spacial score (nSPS) is 13.7. The summed E-state index contributed by atoms with van der Waals surface area (Å²) in [6.45, 7) is 6.37. The fourth-order valence-electron chi connectivity index (χ4n) is 1.44. The Morgan fingerprint density at radius 3 is 2.28 bits per heavy atom. The fraction of sp³-hybridized carbons (Fsp3) is 0.846. The average Bonchev–Trinajstić information content (AvgIpc) is 2.35. The standard InChI is InChI=1S/C13H26N2O3/c1-4-6-7-8-9-14-12(18)15-10-13(3,5-2)11(16)17/h4-10H2,1-3H3,(H,16,17)(H2,14,15,18). The highest BCUT2D eigenvalue weighted by Crippen LogP contribution is 2.19. The number of carbonyl (C=O) groups excluding carboxylic acids is 1. The van der Waals surface area contributed by atoms with E-state index in [1.54, 1.807) is 13.8 Å². The third-order valence-electron chi connectivity index (χ3n) is 3.25. The van der Waals surface area contributed by atoms with E-state index in [0.29, 0.717) is 13.0 Å². The molecular formula is C13H26N2O3. The lowest BCUT2D eigenvalue weighted by Gasteiger charge is -2.23. The van der Waals surface area contributed by atoms with Crippen LogP contribution in [0.1, 0.15) is 52.9 Å². The highest BCUT2D eigenvalue weighted by atomic mass is 16.4. The van der Waals surface area contributed by atoms with Crippen LogP contribution in [0.25, 0.3) is 0 Å². The van der Waals surface area contributed by atoms with Gasteiger partial charge in [0, 0.05) is 13.1 Å². The highest BCUT2D eigenvalue weighted by molar-refractivity contribution is 5.77. The Kier molecular flexibility index (Phi) is 8.16. The second-order valence-electron chi connectivity index (χ2n) is 4.89. The zero-order valence-corrected chi connectivity index (χ0v) is 11.7. The molecule has 5 nitrogen and oxygen atoms in total. The van der Waals surface area contributed by atoms with Crippen molar-refractivity contribution in [3.05, 3.63) is 0 Å². The minimum atomic E-state index is -0.889. The summed E-state index contributed by atoms with van der Waals surface area (Å²) in [7, 11) is 0. The van der Waals surface area contributed by atoms with Crippen LogP contribution in [0.2, 0.25) is 0 Å². The number of carboxylic acids is 1. The topological polar surface area (TPSA) is 78.4 Å². The maximum atomic E-state index is 11.4. The second kappa shape index (κ2) is 8.78. The van der Waals surface area contributed by atoms with Gasteiger partial charge in [0.15, 0.2) is 0 Å². The monoisotopic (exact) mass is 258 g/mol. The van der Waals surface area contributed by atoms with E-state index in [9.17, 15) is 9.59 Å². The molecule has 1 unspecified atom stereocenters. The molecule has 0 aliphatic rings. The number of rotatable bonds is 9. The molecule has 0 radical (unpaired) electrons. The largest absolute Gasteiger partial charge is 0.481 e. The second-order valence-corrected chi connectivity index (χ2v) is 4.89. The van der Waals surface area contributed by atoms with Gasteiger partial charge < -0.3 is 15.7 Å². The van der Waals surface area contributed by atoms with Crippen LogP contribution in [0, 0.1) is 5.41 Å². The first kappa shape index (κ1) is 16.7. The van der Waals surface area contributed by atoms with Gasteiger partial charge in [-0.05, 0) is 19.8 Å². The predicted octanol–water partition coefficient (Wildman–Crippen LogP) is 2.37. The summed E-state index contributed by atoms with van der Waals surface area (Å²) in [4.78, 5) is 22.5. The number of aliphatic carboxylic acids is 1. The third-order valence-corrected chi connectivity index (χ3v) is 3.25. The van der Waals surface area contributed by atoms with Gasteiger partial charge in [0.2, 0.25) is 0 Å². The number of amides is 2. The first-order chi connectivity index (χ1) is 8.46. The summed E-state index contributed by atoms with van der Waals surface area (Å²) in [5, 5.41) is 14.4. The van der Waals surface area contributed by atoms with Gasteiger partial charge in [-0.2, -0.15) is 0 Å². The van der Waals surface area contributed by atoms with Gasteiger partial charge in [-0.15, -0.1) is 0 Å². The van der Waals surface area contributed by atoms with Crippen molar-refractivity contribution in [2.45, 2.75) is 52.9 Å². The quantitative estimate of drug-likeness (QED) is 0.555. The molecule has 0 spiro atoms. The molecule has 106 valence electrons. The van der Waals surface area contributed by atoms with E-state index in [-0.39, 0.29) is 12.6 Å². The summed E-state index contributed by atoms with van der Waals surface area (Å²) in [6, 6.07) is -0.285. The van der Waals surface area contributed by atoms with Crippen LogP contribution in [-0.2, 0) is 4.79 Å². The van der Waals surface area contributed by atoms with Crippen LogP contribution < -0.4 is 10.6 Å². The summed E-state index contributed by atoms with van der Waals surface area (Å²) < 4.78 is 0. The Morgan fingerprint density at radius 2 is 1.78 bits per heavy atom. The van der Waals surface area contributed by atoms with Gasteiger partial charge in [-0.3, -0.25) is 4.79 Å². The third kappa shape index (κ3) is 6.47. The zero-order chi connectivity index (χ0) is 14.0. The van der Waals surface area contributed by atoms with E-state index < -0.39 is 11.4 Å². The summed E-state index contributed by atoms with van der Waals surface area (Å²) in [5.41, 5.74) is -0.889. The lowest BCUT2D eigenvalue weighted by Crippen LogP contribution is -2.44.